The van der Waals surface area contributed by atoms with Crippen molar-refractivity contribution in [3.8, 4) is 0 Å². The van der Waals surface area contributed by atoms with E-state index < -0.39 is 11.9 Å². The van der Waals surface area contributed by atoms with Gasteiger partial charge in [0.1, 0.15) is 0 Å². The number of nitrogens with zero attached hydrogens (tertiary/aromatic N) is 1. The van der Waals surface area contributed by atoms with E-state index in [1.54, 1.807) is 17.0 Å². The first kappa shape index (κ1) is 16.8. The SMILES string of the molecule is CC1Sc2ccc(C(=O)N3CCC(C(=O)O)C(C)C3)cc2NC1=O. The van der Waals surface area contributed by atoms with Gasteiger partial charge in [0.25, 0.3) is 5.91 Å². The van der Waals surface area contributed by atoms with Gasteiger partial charge < -0.3 is 15.3 Å². The van der Waals surface area contributed by atoms with Gasteiger partial charge in [0.15, 0.2) is 0 Å². The molecule has 0 aromatic heterocycles. The molecular weight excluding hydrogens is 328 g/mol. The van der Waals surface area contributed by atoms with E-state index >= 15 is 0 Å². The lowest BCUT2D eigenvalue weighted by Crippen LogP contribution is -2.45. The molecule has 2 amide bonds. The Morgan fingerprint density at radius 3 is 2.75 bits per heavy atom. The highest BCUT2D eigenvalue weighted by Gasteiger charge is 2.33. The molecule has 2 aliphatic heterocycles. The third-order valence-corrected chi connectivity index (χ3v) is 5.84. The summed E-state index contributed by atoms with van der Waals surface area (Å²) in [4.78, 5) is 38.4. The first-order valence-electron chi connectivity index (χ1n) is 8.00. The number of aliphatic carboxylic acids is 1. The van der Waals surface area contributed by atoms with Gasteiger partial charge in [-0.1, -0.05) is 6.92 Å². The normalized spacial score (nSPS) is 26.5. The van der Waals surface area contributed by atoms with E-state index in [1.165, 1.54) is 11.8 Å². The van der Waals surface area contributed by atoms with Crippen molar-refractivity contribution in [3.63, 3.8) is 0 Å². The molecule has 3 atom stereocenters. The molecule has 1 saturated heterocycles. The zero-order chi connectivity index (χ0) is 17.4. The van der Waals surface area contributed by atoms with E-state index in [1.807, 2.05) is 19.9 Å². The molecule has 6 nitrogen and oxygen atoms in total. The molecule has 1 aromatic rings. The predicted molar refractivity (Wildman–Crippen MR) is 91.2 cm³/mol. The fourth-order valence-electron chi connectivity index (χ4n) is 3.22. The minimum atomic E-state index is -0.794. The third kappa shape index (κ3) is 3.13. The first-order valence-corrected chi connectivity index (χ1v) is 8.88. The van der Waals surface area contributed by atoms with Crippen LogP contribution in [0.4, 0.5) is 5.69 Å². The van der Waals surface area contributed by atoms with Gasteiger partial charge >= 0.3 is 5.97 Å². The second-order valence-corrected chi connectivity index (χ2v) is 7.80. The molecule has 3 rings (SSSR count). The summed E-state index contributed by atoms with van der Waals surface area (Å²) < 4.78 is 0. The van der Waals surface area contributed by atoms with Crippen molar-refractivity contribution in [2.45, 2.75) is 30.4 Å². The van der Waals surface area contributed by atoms with E-state index in [-0.39, 0.29) is 23.0 Å². The number of carbonyl (C=O) groups excluding carboxylic acids is 2. The minimum absolute atomic E-state index is 0.0620. The molecule has 2 heterocycles. The summed E-state index contributed by atoms with van der Waals surface area (Å²) in [5, 5.41) is 11.9. The van der Waals surface area contributed by atoms with Gasteiger partial charge in [0.05, 0.1) is 16.9 Å². The van der Waals surface area contributed by atoms with Crippen LogP contribution in [-0.2, 0) is 9.59 Å². The summed E-state index contributed by atoms with van der Waals surface area (Å²) in [6.45, 7) is 4.58. The Kier molecular flexibility index (Phi) is 4.54. The van der Waals surface area contributed by atoms with Crippen LogP contribution in [-0.4, -0.2) is 46.1 Å². The maximum Gasteiger partial charge on any atom is 0.306 e. The number of rotatable bonds is 2. The number of amides is 2. The fraction of sp³-hybridized carbons (Fsp3) is 0.471. The summed E-state index contributed by atoms with van der Waals surface area (Å²) in [6.07, 6.45) is 0.470. The van der Waals surface area contributed by atoms with Crippen molar-refractivity contribution in [1.82, 2.24) is 4.90 Å². The second-order valence-electron chi connectivity index (χ2n) is 6.42. The molecule has 0 aliphatic carbocycles. The molecule has 0 spiro atoms. The molecule has 1 aromatic carbocycles. The smallest absolute Gasteiger partial charge is 0.306 e. The Balaban J connectivity index is 1.76. The van der Waals surface area contributed by atoms with Crippen molar-refractivity contribution < 1.29 is 19.5 Å². The maximum absolute atomic E-state index is 12.7. The lowest BCUT2D eigenvalue weighted by Gasteiger charge is -2.35. The Morgan fingerprint density at radius 1 is 1.33 bits per heavy atom. The van der Waals surface area contributed by atoms with Gasteiger partial charge in [-0.15, -0.1) is 11.8 Å². The van der Waals surface area contributed by atoms with Crippen LogP contribution in [0.1, 0.15) is 30.6 Å². The van der Waals surface area contributed by atoms with E-state index in [0.29, 0.717) is 30.8 Å². The van der Waals surface area contributed by atoms with Gasteiger partial charge in [0, 0.05) is 23.5 Å². The number of carbonyl (C=O) groups is 3. The van der Waals surface area contributed by atoms with Crippen molar-refractivity contribution in [1.29, 1.82) is 0 Å². The number of hydrogen-bond acceptors (Lipinski definition) is 4. The van der Waals surface area contributed by atoms with Gasteiger partial charge in [-0.2, -0.15) is 0 Å². The molecule has 2 aliphatic rings. The summed E-state index contributed by atoms with van der Waals surface area (Å²) in [7, 11) is 0. The van der Waals surface area contributed by atoms with Crippen LogP contribution < -0.4 is 5.32 Å². The van der Waals surface area contributed by atoms with E-state index in [2.05, 4.69) is 5.32 Å². The molecule has 1 fully saturated rings. The van der Waals surface area contributed by atoms with Crippen LogP contribution in [0, 0.1) is 11.8 Å². The number of benzene rings is 1. The maximum atomic E-state index is 12.7. The Bertz CT molecular complexity index is 706. The quantitative estimate of drug-likeness (QED) is 0.856. The summed E-state index contributed by atoms with van der Waals surface area (Å²) in [6, 6.07) is 5.34. The van der Waals surface area contributed by atoms with Crippen molar-refractivity contribution in [2.24, 2.45) is 11.8 Å². The first-order chi connectivity index (χ1) is 11.4. The van der Waals surface area contributed by atoms with Crippen LogP contribution in [0.25, 0.3) is 0 Å². The molecule has 7 heteroatoms. The van der Waals surface area contributed by atoms with Crippen molar-refractivity contribution in [3.05, 3.63) is 23.8 Å². The number of fused-ring (bicyclic) bond motifs is 1. The Hall–Kier alpha value is -2.02. The summed E-state index contributed by atoms with van der Waals surface area (Å²) in [5.41, 5.74) is 1.19. The monoisotopic (exact) mass is 348 g/mol. The number of likely N-dealkylation sites (tertiary alicyclic amines) is 1. The Morgan fingerprint density at radius 2 is 2.08 bits per heavy atom. The molecule has 2 N–H and O–H groups in total. The molecule has 0 saturated carbocycles. The standard InChI is InChI=1S/C17H20N2O4S/c1-9-8-19(6-5-12(9)17(22)23)16(21)11-3-4-14-13(7-11)18-15(20)10(2)24-14/h3-4,7,9-10,12H,5-6,8H2,1-2H3,(H,18,20)(H,22,23). The van der Waals surface area contributed by atoms with Gasteiger partial charge in [-0.3, -0.25) is 14.4 Å². The number of piperidine rings is 1. The molecule has 24 heavy (non-hydrogen) atoms. The zero-order valence-electron chi connectivity index (χ0n) is 13.6. The van der Waals surface area contributed by atoms with Crippen molar-refractivity contribution in [2.75, 3.05) is 18.4 Å². The number of carboxylic acids is 1. The highest BCUT2D eigenvalue weighted by Crippen LogP contribution is 2.36. The molecule has 0 bridgehead atoms. The predicted octanol–water partition coefficient (Wildman–Crippen LogP) is 2.30. The highest BCUT2D eigenvalue weighted by atomic mass is 32.2. The number of carboxylic acid groups (broad SMARTS) is 1. The van der Waals surface area contributed by atoms with Gasteiger partial charge in [-0.25, -0.2) is 0 Å². The zero-order valence-corrected chi connectivity index (χ0v) is 14.4. The molecule has 128 valence electrons. The van der Waals surface area contributed by atoms with Gasteiger partial charge in [0.2, 0.25) is 5.91 Å². The largest absolute Gasteiger partial charge is 0.481 e. The average molecular weight is 348 g/mol. The number of thioether (sulfide) groups is 1. The average Bonchev–Trinajstić information content (AvgIpc) is 2.54. The fourth-order valence-corrected chi connectivity index (χ4v) is 4.15. The summed E-state index contributed by atoms with van der Waals surface area (Å²) in [5.74, 6) is -1.44. The number of nitrogens with one attached hydrogen (secondary N) is 1. The topological polar surface area (TPSA) is 86.7 Å². The van der Waals surface area contributed by atoms with Crippen LogP contribution in [0.2, 0.25) is 0 Å². The van der Waals surface area contributed by atoms with E-state index in [0.717, 1.165) is 4.90 Å². The van der Waals surface area contributed by atoms with Gasteiger partial charge in [-0.05, 0) is 37.5 Å². The molecule has 3 unspecified atom stereocenters. The number of hydrogen-bond donors (Lipinski definition) is 2. The highest BCUT2D eigenvalue weighted by molar-refractivity contribution is 8.00. The van der Waals surface area contributed by atoms with Crippen LogP contribution >= 0.6 is 11.8 Å². The summed E-state index contributed by atoms with van der Waals surface area (Å²) >= 11 is 1.48. The third-order valence-electron chi connectivity index (χ3n) is 4.67. The van der Waals surface area contributed by atoms with Crippen LogP contribution in [0.15, 0.2) is 23.1 Å². The van der Waals surface area contributed by atoms with E-state index in [4.69, 9.17) is 0 Å². The number of anilines is 1. The second kappa shape index (κ2) is 6.47. The molecule has 0 radical (unpaired) electrons. The van der Waals surface area contributed by atoms with Crippen LogP contribution in [0.3, 0.4) is 0 Å². The Labute approximate surface area is 144 Å². The molecular formula is C17H20N2O4S. The lowest BCUT2D eigenvalue weighted by molar-refractivity contribution is -0.145. The van der Waals surface area contributed by atoms with E-state index in [9.17, 15) is 19.5 Å². The van der Waals surface area contributed by atoms with Crippen LogP contribution in [0.5, 0.6) is 0 Å². The minimum Gasteiger partial charge on any atom is -0.481 e. The lowest BCUT2D eigenvalue weighted by atomic mass is 9.87. The van der Waals surface area contributed by atoms with Crippen molar-refractivity contribution >= 4 is 35.2 Å².